The van der Waals surface area contributed by atoms with E-state index in [1.807, 2.05) is 43.3 Å². The van der Waals surface area contributed by atoms with Crippen LogP contribution in [-0.2, 0) is 6.42 Å². The summed E-state index contributed by atoms with van der Waals surface area (Å²) < 4.78 is 11.7. The van der Waals surface area contributed by atoms with Gasteiger partial charge in [-0.1, -0.05) is 37.1 Å². The van der Waals surface area contributed by atoms with Gasteiger partial charge in [0.1, 0.15) is 24.2 Å². The van der Waals surface area contributed by atoms with Crippen LogP contribution in [0.15, 0.2) is 60.8 Å². The molecule has 0 amide bonds. The largest absolute Gasteiger partial charge is 0.488 e. The number of nitro groups is 1. The normalized spacial score (nSPS) is 14.6. The molecule has 40 heavy (non-hydrogen) atoms. The molecule has 3 N–H and O–H groups in total. The number of pyridine rings is 1. The second-order valence-corrected chi connectivity index (χ2v) is 11.3. The van der Waals surface area contributed by atoms with E-state index in [4.69, 9.17) is 9.47 Å². The zero-order valence-corrected chi connectivity index (χ0v) is 23.6. The summed E-state index contributed by atoms with van der Waals surface area (Å²) >= 11 is 0. The molecule has 214 valence electrons. The van der Waals surface area contributed by atoms with E-state index >= 15 is 0 Å². The first kappa shape index (κ1) is 29.3. The Balaban J connectivity index is 1.27. The second kappa shape index (κ2) is 13.6. The zero-order chi connectivity index (χ0) is 28.5. The summed E-state index contributed by atoms with van der Waals surface area (Å²) in [6, 6.07) is 16.5. The molecular weight excluding hydrogens is 508 g/mol. The third-order valence-electron chi connectivity index (χ3n) is 7.17. The summed E-state index contributed by atoms with van der Waals surface area (Å²) in [5.41, 5.74) is 2.28. The standard InChI is InChI=1S/C31H40N4O5/c1-22-11-16-29(32-18-22)40-26-14-12-23(13-15-26)17-31(2,3)34-20-25(36)21-39-28-10-6-9-27(35(37)38)30(28)33-19-24-7-4-5-8-24/h6,9-16,18,24-25,33-34,36H,4-5,7-8,17,19-21H2,1-3H3/t25-/m0/s1. The number of benzene rings is 2. The molecule has 1 saturated carbocycles. The Hall–Kier alpha value is -3.69. The Bertz CT molecular complexity index is 1240. The minimum atomic E-state index is -0.793. The molecule has 0 aliphatic heterocycles. The molecule has 0 spiro atoms. The van der Waals surface area contributed by atoms with Gasteiger partial charge in [-0.05, 0) is 75.3 Å². The fourth-order valence-electron chi connectivity index (χ4n) is 4.95. The summed E-state index contributed by atoms with van der Waals surface area (Å²) in [5.74, 6) is 2.17. The fraction of sp³-hybridized carbons (Fsp3) is 0.452. The fourth-order valence-corrected chi connectivity index (χ4v) is 4.95. The van der Waals surface area contributed by atoms with Crippen LogP contribution >= 0.6 is 0 Å². The van der Waals surface area contributed by atoms with Gasteiger partial charge in [-0.2, -0.15) is 0 Å². The molecule has 1 atom stereocenters. The van der Waals surface area contributed by atoms with Crippen molar-refractivity contribution in [1.82, 2.24) is 10.3 Å². The van der Waals surface area contributed by atoms with Crippen molar-refractivity contribution in [3.8, 4) is 17.4 Å². The zero-order valence-electron chi connectivity index (χ0n) is 23.6. The second-order valence-electron chi connectivity index (χ2n) is 11.3. The first-order valence-corrected chi connectivity index (χ1v) is 14.0. The maximum atomic E-state index is 11.6. The number of aliphatic hydroxyl groups is 1. The Morgan fingerprint density at radius 1 is 1.12 bits per heavy atom. The monoisotopic (exact) mass is 548 g/mol. The molecule has 0 radical (unpaired) electrons. The number of ether oxygens (including phenoxy) is 2. The molecule has 1 aliphatic carbocycles. The molecule has 3 aromatic rings. The smallest absolute Gasteiger partial charge is 0.296 e. The number of β-amino-alcohol motifs (C(OH)–C–C–N with tert-alkyl or cyclic N) is 1. The number of hydrogen-bond acceptors (Lipinski definition) is 8. The van der Waals surface area contributed by atoms with E-state index in [1.54, 1.807) is 18.3 Å². The van der Waals surface area contributed by atoms with Crippen LogP contribution in [0.3, 0.4) is 0 Å². The third-order valence-corrected chi connectivity index (χ3v) is 7.17. The van der Waals surface area contributed by atoms with Crippen molar-refractivity contribution in [3.63, 3.8) is 0 Å². The maximum Gasteiger partial charge on any atom is 0.296 e. The molecule has 1 aromatic heterocycles. The van der Waals surface area contributed by atoms with Gasteiger partial charge in [-0.15, -0.1) is 0 Å². The highest BCUT2D eigenvalue weighted by Crippen LogP contribution is 2.35. The van der Waals surface area contributed by atoms with Crippen LogP contribution in [0.25, 0.3) is 0 Å². The molecule has 1 aliphatic rings. The van der Waals surface area contributed by atoms with Gasteiger partial charge in [-0.3, -0.25) is 10.1 Å². The predicted octanol–water partition coefficient (Wildman–Crippen LogP) is 6.04. The number of nitrogens with zero attached hydrogens (tertiary/aromatic N) is 2. The minimum Gasteiger partial charge on any atom is -0.488 e. The average Bonchev–Trinajstić information content (AvgIpc) is 3.45. The van der Waals surface area contributed by atoms with E-state index in [1.165, 1.54) is 18.9 Å². The molecule has 0 saturated heterocycles. The number of nitrogens with one attached hydrogen (secondary N) is 2. The molecule has 4 rings (SSSR count). The number of para-hydroxylation sites is 1. The highest BCUT2D eigenvalue weighted by molar-refractivity contribution is 5.70. The lowest BCUT2D eigenvalue weighted by molar-refractivity contribution is -0.384. The molecule has 9 nitrogen and oxygen atoms in total. The molecule has 9 heteroatoms. The van der Waals surface area contributed by atoms with Gasteiger partial charge in [0.2, 0.25) is 5.88 Å². The Morgan fingerprint density at radius 2 is 1.88 bits per heavy atom. The van der Waals surface area contributed by atoms with Gasteiger partial charge in [0.05, 0.1) is 4.92 Å². The third kappa shape index (κ3) is 8.66. The van der Waals surface area contributed by atoms with E-state index in [0.717, 1.165) is 36.1 Å². The summed E-state index contributed by atoms with van der Waals surface area (Å²) in [6.45, 7) is 7.14. The molecule has 1 fully saturated rings. The lowest BCUT2D eigenvalue weighted by Crippen LogP contribution is -2.46. The lowest BCUT2D eigenvalue weighted by Gasteiger charge is -2.28. The summed E-state index contributed by atoms with van der Waals surface area (Å²) in [7, 11) is 0. The van der Waals surface area contributed by atoms with Crippen molar-refractivity contribution < 1.29 is 19.5 Å². The lowest BCUT2D eigenvalue weighted by atomic mass is 9.94. The number of aliphatic hydroxyl groups excluding tert-OH is 1. The van der Waals surface area contributed by atoms with Crippen LogP contribution in [-0.4, -0.2) is 46.4 Å². The van der Waals surface area contributed by atoms with Crippen LogP contribution in [0.4, 0.5) is 11.4 Å². The van der Waals surface area contributed by atoms with Crippen LogP contribution in [0.1, 0.15) is 50.7 Å². The van der Waals surface area contributed by atoms with Crippen molar-refractivity contribution in [3.05, 3.63) is 82.0 Å². The van der Waals surface area contributed by atoms with Gasteiger partial charge in [0, 0.05) is 37.0 Å². The number of aromatic nitrogens is 1. The molecule has 2 aromatic carbocycles. The number of rotatable bonds is 14. The van der Waals surface area contributed by atoms with Gasteiger partial charge >= 0.3 is 0 Å². The SMILES string of the molecule is Cc1ccc(Oc2ccc(CC(C)(C)NC[C@H](O)COc3cccc([N+](=O)[O-])c3NCC3CCCC3)cc2)nc1. The van der Waals surface area contributed by atoms with Gasteiger partial charge in [0.15, 0.2) is 5.69 Å². The summed E-state index contributed by atoms with van der Waals surface area (Å²) in [6.07, 6.45) is 6.39. The van der Waals surface area contributed by atoms with Crippen LogP contribution in [0.5, 0.6) is 17.4 Å². The van der Waals surface area contributed by atoms with Crippen molar-refractivity contribution in [2.75, 3.05) is 25.0 Å². The molecule has 1 heterocycles. The van der Waals surface area contributed by atoms with E-state index in [9.17, 15) is 15.2 Å². The quantitative estimate of drug-likeness (QED) is 0.165. The predicted molar refractivity (Wildman–Crippen MR) is 156 cm³/mol. The molecule has 0 bridgehead atoms. The van der Waals surface area contributed by atoms with Crippen molar-refractivity contribution in [1.29, 1.82) is 0 Å². The minimum absolute atomic E-state index is 0.0153. The van der Waals surface area contributed by atoms with E-state index in [-0.39, 0.29) is 17.8 Å². The Labute approximate surface area is 236 Å². The van der Waals surface area contributed by atoms with E-state index in [0.29, 0.717) is 36.3 Å². The average molecular weight is 549 g/mol. The molecule has 0 unspecified atom stereocenters. The van der Waals surface area contributed by atoms with Crippen LogP contribution < -0.4 is 20.1 Å². The Morgan fingerprint density at radius 3 is 2.55 bits per heavy atom. The maximum absolute atomic E-state index is 11.6. The number of nitro benzene ring substituents is 1. The number of hydrogen-bond donors (Lipinski definition) is 3. The number of anilines is 1. The highest BCUT2D eigenvalue weighted by atomic mass is 16.6. The first-order valence-electron chi connectivity index (χ1n) is 14.0. The van der Waals surface area contributed by atoms with Gasteiger partial charge < -0.3 is 25.2 Å². The summed E-state index contributed by atoms with van der Waals surface area (Å²) in [5, 5.41) is 28.9. The Kier molecular flexibility index (Phi) is 9.95. The van der Waals surface area contributed by atoms with Gasteiger partial charge in [-0.25, -0.2) is 4.98 Å². The topological polar surface area (TPSA) is 119 Å². The van der Waals surface area contributed by atoms with Crippen LogP contribution in [0, 0.1) is 23.0 Å². The summed E-state index contributed by atoms with van der Waals surface area (Å²) in [4.78, 5) is 15.5. The highest BCUT2D eigenvalue weighted by Gasteiger charge is 2.23. The van der Waals surface area contributed by atoms with Gasteiger partial charge in [0.25, 0.3) is 5.69 Å². The molecular formula is C31H40N4O5. The van der Waals surface area contributed by atoms with Crippen molar-refractivity contribution in [2.24, 2.45) is 5.92 Å². The van der Waals surface area contributed by atoms with Crippen LogP contribution in [0.2, 0.25) is 0 Å². The van der Waals surface area contributed by atoms with E-state index < -0.39 is 11.0 Å². The van der Waals surface area contributed by atoms with Crippen molar-refractivity contribution in [2.45, 2.75) is 64.5 Å². The first-order chi connectivity index (χ1) is 19.2. The number of aryl methyl sites for hydroxylation is 1. The van der Waals surface area contributed by atoms with E-state index in [2.05, 4.69) is 29.5 Å². The van der Waals surface area contributed by atoms with Crippen molar-refractivity contribution >= 4 is 11.4 Å².